The van der Waals surface area contributed by atoms with Gasteiger partial charge in [-0.25, -0.2) is 4.79 Å². The van der Waals surface area contributed by atoms with Crippen LogP contribution >= 0.6 is 15.9 Å². The summed E-state index contributed by atoms with van der Waals surface area (Å²) in [5.74, 6) is -1.93. The fourth-order valence-corrected chi connectivity index (χ4v) is 2.74. The number of alkyl halides is 1. The molecular formula is C11H7BrO4. The van der Waals surface area contributed by atoms with Gasteiger partial charge in [0.2, 0.25) is 0 Å². The summed E-state index contributed by atoms with van der Waals surface area (Å²) in [6.07, 6.45) is 0.100. The first kappa shape index (κ1) is 9.84. The number of carbonyl (C=O) groups is 2. The molecule has 0 amide bonds. The van der Waals surface area contributed by atoms with E-state index >= 15 is 0 Å². The summed E-state index contributed by atoms with van der Waals surface area (Å²) in [6, 6.07) is 7.12. The van der Waals surface area contributed by atoms with Crippen LogP contribution in [0.2, 0.25) is 0 Å². The Bertz CT molecular complexity index is 489. The molecule has 2 aliphatic rings. The van der Waals surface area contributed by atoms with Gasteiger partial charge in [-0.3, -0.25) is 4.79 Å². The molecule has 2 aliphatic heterocycles. The third-order valence-electron chi connectivity index (χ3n) is 2.78. The highest BCUT2D eigenvalue weighted by Gasteiger charge is 2.58. The number of hydrogen-bond donors (Lipinski definition) is 0. The molecule has 1 fully saturated rings. The molecule has 1 spiro atoms. The molecule has 2 unspecified atom stereocenters. The van der Waals surface area contributed by atoms with Crippen LogP contribution in [-0.4, -0.2) is 17.7 Å². The number of halogens is 1. The Kier molecular flexibility index (Phi) is 1.89. The molecule has 0 aromatic heterocycles. The first-order valence-electron chi connectivity index (χ1n) is 4.80. The molecule has 2 heterocycles. The van der Waals surface area contributed by atoms with Crippen molar-refractivity contribution in [2.24, 2.45) is 0 Å². The van der Waals surface area contributed by atoms with E-state index in [-0.39, 0.29) is 17.2 Å². The SMILES string of the molecule is O=C1CC2(O1)OC(=O)c1ccccc1C2Br. The predicted molar refractivity (Wildman–Crippen MR) is 57.0 cm³/mol. The molecule has 1 saturated heterocycles. The number of esters is 2. The largest absolute Gasteiger partial charge is 0.420 e. The second-order valence-corrected chi connectivity index (χ2v) is 4.72. The van der Waals surface area contributed by atoms with E-state index in [1.165, 1.54) is 0 Å². The van der Waals surface area contributed by atoms with E-state index in [9.17, 15) is 9.59 Å². The van der Waals surface area contributed by atoms with E-state index in [0.717, 1.165) is 5.56 Å². The van der Waals surface area contributed by atoms with Crippen molar-refractivity contribution in [2.45, 2.75) is 17.0 Å². The Labute approximate surface area is 99.7 Å². The van der Waals surface area contributed by atoms with Crippen LogP contribution in [0, 0.1) is 0 Å². The molecule has 1 aromatic carbocycles. The van der Waals surface area contributed by atoms with Gasteiger partial charge in [0.25, 0.3) is 5.79 Å². The van der Waals surface area contributed by atoms with Crippen LogP contribution in [0.3, 0.4) is 0 Å². The standard InChI is InChI=1S/C11H7BrO4/c12-9-6-3-1-2-4-7(6)10(14)16-11(9)5-8(13)15-11/h1-4,9H,5H2. The van der Waals surface area contributed by atoms with Crippen molar-refractivity contribution in [3.63, 3.8) is 0 Å². The van der Waals surface area contributed by atoms with E-state index in [0.29, 0.717) is 5.56 Å². The van der Waals surface area contributed by atoms with Crippen molar-refractivity contribution in [3.05, 3.63) is 35.4 Å². The average Bonchev–Trinajstić information content (AvgIpc) is 2.24. The number of benzene rings is 1. The first-order valence-corrected chi connectivity index (χ1v) is 5.72. The van der Waals surface area contributed by atoms with Crippen molar-refractivity contribution in [1.29, 1.82) is 0 Å². The molecule has 4 nitrogen and oxygen atoms in total. The summed E-state index contributed by atoms with van der Waals surface area (Å²) in [5, 5.41) is 0. The molecule has 0 saturated carbocycles. The molecule has 0 aliphatic carbocycles. The first-order chi connectivity index (χ1) is 7.62. The Morgan fingerprint density at radius 1 is 1.25 bits per heavy atom. The zero-order valence-electron chi connectivity index (χ0n) is 8.10. The molecular weight excluding hydrogens is 276 g/mol. The molecule has 5 heteroatoms. The zero-order chi connectivity index (χ0) is 11.3. The van der Waals surface area contributed by atoms with Gasteiger partial charge in [-0.1, -0.05) is 34.1 Å². The van der Waals surface area contributed by atoms with E-state index in [1.54, 1.807) is 12.1 Å². The fraction of sp³-hybridized carbons (Fsp3) is 0.273. The third-order valence-corrected chi connectivity index (χ3v) is 3.97. The van der Waals surface area contributed by atoms with E-state index < -0.39 is 11.8 Å². The lowest BCUT2D eigenvalue weighted by molar-refractivity contribution is -0.258. The number of rotatable bonds is 0. The molecule has 0 radical (unpaired) electrons. The topological polar surface area (TPSA) is 52.6 Å². The van der Waals surface area contributed by atoms with Gasteiger partial charge in [-0.15, -0.1) is 0 Å². The zero-order valence-corrected chi connectivity index (χ0v) is 9.69. The summed E-state index contributed by atoms with van der Waals surface area (Å²) < 4.78 is 10.2. The molecule has 3 rings (SSSR count). The highest BCUT2D eigenvalue weighted by Crippen LogP contribution is 2.50. The number of fused-ring (bicyclic) bond motifs is 1. The molecule has 1 aromatic rings. The Morgan fingerprint density at radius 2 is 1.94 bits per heavy atom. The van der Waals surface area contributed by atoms with Gasteiger partial charge in [-0.2, -0.15) is 0 Å². The lowest BCUT2D eigenvalue weighted by Crippen LogP contribution is -2.55. The molecule has 2 atom stereocenters. The summed E-state index contributed by atoms with van der Waals surface area (Å²) in [5.41, 5.74) is 1.31. The maximum absolute atomic E-state index is 11.7. The maximum Gasteiger partial charge on any atom is 0.341 e. The van der Waals surface area contributed by atoms with Crippen molar-refractivity contribution < 1.29 is 19.1 Å². The predicted octanol–water partition coefficient (Wildman–Crippen LogP) is 1.94. The second-order valence-electron chi connectivity index (χ2n) is 3.80. The molecule has 82 valence electrons. The fourth-order valence-electron chi connectivity index (χ4n) is 1.99. The molecule has 0 bridgehead atoms. The van der Waals surface area contributed by atoms with Crippen LogP contribution < -0.4 is 0 Å². The number of hydrogen-bond acceptors (Lipinski definition) is 4. The summed E-state index contributed by atoms with van der Waals surface area (Å²) in [4.78, 5) is 22.3. The minimum atomic E-state index is -1.14. The summed E-state index contributed by atoms with van der Waals surface area (Å²) in [7, 11) is 0. The van der Waals surface area contributed by atoms with Crippen molar-refractivity contribution in [3.8, 4) is 0 Å². The monoisotopic (exact) mass is 282 g/mol. The highest BCUT2D eigenvalue weighted by atomic mass is 79.9. The average molecular weight is 283 g/mol. The third kappa shape index (κ3) is 1.15. The van der Waals surface area contributed by atoms with Gasteiger partial charge in [0.05, 0.1) is 5.56 Å². The van der Waals surface area contributed by atoms with Crippen molar-refractivity contribution >= 4 is 27.9 Å². The lowest BCUT2D eigenvalue weighted by Gasteiger charge is -2.45. The second kappa shape index (κ2) is 3.07. The van der Waals surface area contributed by atoms with Crippen LogP contribution in [0.4, 0.5) is 0 Å². The Morgan fingerprint density at radius 3 is 2.62 bits per heavy atom. The van der Waals surface area contributed by atoms with Gasteiger partial charge in [0.1, 0.15) is 11.2 Å². The number of carbonyl (C=O) groups excluding carboxylic acids is 2. The van der Waals surface area contributed by atoms with Gasteiger partial charge in [0, 0.05) is 0 Å². The van der Waals surface area contributed by atoms with Crippen molar-refractivity contribution in [1.82, 2.24) is 0 Å². The van der Waals surface area contributed by atoms with E-state index in [1.807, 2.05) is 12.1 Å². The van der Waals surface area contributed by atoms with Crippen LogP contribution in [-0.2, 0) is 14.3 Å². The normalized spacial score (nSPS) is 31.4. The van der Waals surface area contributed by atoms with E-state index in [4.69, 9.17) is 9.47 Å². The maximum atomic E-state index is 11.7. The minimum absolute atomic E-state index is 0.100. The van der Waals surface area contributed by atoms with Crippen LogP contribution in [0.25, 0.3) is 0 Å². The quantitative estimate of drug-likeness (QED) is 0.539. The highest BCUT2D eigenvalue weighted by molar-refractivity contribution is 9.09. The van der Waals surface area contributed by atoms with Crippen molar-refractivity contribution in [2.75, 3.05) is 0 Å². The Hall–Kier alpha value is -1.36. The summed E-state index contributed by atoms with van der Waals surface area (Å²) in [6.45, 7) is 0. The van der Waals surface area contributed by atoms with Gasteiger partial charge in [0.15, 0.2) is 0 Å². The lowest BCUT2D eigenvalue weighted by atomic mass is 9.92. The van der Waals surface area contributed by atoms with Crippen LogP contribution in [0.15, 0.2) is 24.3 Å². The van der Waals surface area contributed by atoms with Crippen LogP contribution in [0.5, 0.6) is 0 Å². The van der Waals surface area contributed by atoms with E-state index in [2.05, 4.69) is 15.9 Å². The van der Waals surface area contributed by atoms with Gasteiger partial charge >= 0.3 is 11.9 Å². The van der Waals surface area contributed by atoms with Gasteiger partial charge < -0.3 is 9.47 Å². The smallest absolute Gasteiger partial charge is 0.341 e. The summed E-state index contributed by atoms with van der Waals surface area (Å²) >= 11 is 3.42. The van der Waals surface area contributed by atoms with Gasteiger partial charge in [-0.05, 0) is 11.6 Å². The van der Waals surface area contributed by atoms with Crippen LogP contribution in [0.1, 0.15) is 27.2 Å². The Balaban J connectivity index is 2.08. The molecule has 0 N–H and O–H groups in total. The minimum Gasteiger partial charge on any atom is -0.420 e. The molecule has 16 heavy (non-hydrogen) atoms. The number of ether oxygens (including phenoxy) is 2.